The number of rotatable bonds is 2. The van der Waals surface area contributed by atoms with Crippen LogP contribution in [0.25, 0.3) is 0 Å². The van der Waals surface area contributed by atoms with Crippen LogP contribution in [0.4, 0.5) is 0 Å². The Balaban J connectivity index is 3.86. The van der Waals surface area contributed by atoms with Crippen LogP contribution in [0.3, 0.4) is 0 Å². The number of hydrogen-bond donors (Lipinski definition) is 0. The van der Waals surface area contributed by atoms with Gasteiger partial charge >= 0.3 is 5.97 Å². The Labute approximate surface area is 53.4 Å². The van der Waals surface area contributed by atoms with E-state index in [-0.39, 0.29) is 5.71 Å². The first kappa shape index (κ1) is 7.94. The number of nitrogens with zero attached hydrogens (tertiary/aromatic N) is 1. The van der Waals surface area contributed by atoms with E-state index in [1.807, 2.05) is 0 Å². The normalized spacial score (nSPS) is 10.8. The van der Waals surface area contributed by atoms with Crippen LogP contribution in [0, 0.1) is 0 Å². The van der Waals surface area contributed by atoms with Gasteiger partial charge in [0.25, 0.3) is 0 Å². The lowest BCUT2D eigenvalue weighted by Gasteiger charge is -1.94. The molecule has 0 aromatic carbocycles. The van der Waals surface area contributed by atoms with Gasteiger partial charge in [-0.05, 0) is 6.92 Å². The van der Waals surface area contributed by atoms with Crippen molar-refractivity contribution >= 4 is 11.7 Å². The number of oxime groups is 1. The average Bonchev–Trinajstić information content (AvgIpc) is 1.87. The standard InChI is InChI=1S/C5H9NO3/c1-4(6-9-3)5(7)8-2/h1-3H3/b6-4-. The molecule has 4 nitrogen and oxygen atoms in total. The first-order valence-electron chi connectivity index (χ1n) is 2.38. The fourth-order valence-corrected chi connectivity index (χ4v) is 0.322. The minimum absolute atomic E-state index is 0.208. The zero-order chi connectivity index (χ0) is 7.28. The van der Waals surface area contributed by atoms with E-state index in [0.29, 0.717) is 0 Å². The van der Waals surface area contributed by atoms with Gasteiger partial charge in [-0.25, -0.2) is 4.79 Å². The second kappa shape index (κ2) is 3.88. The van der Waals surface area contributed by atoms with Gasteiger partial charge in [-0.15, -0.1) is 0 Å². The second-order valence-electron chi connectivity index (χ2n) is 1.35. The molecule has 9 heavy (non-hydrogen) atoms. The summed E-state index contributed by atoms with van der Waals surface area (Å²) in [5.74, 6) is -0.475. The van der Waals surface area contributed by atoms with Crippen molar-refractivity contribution in [2.24, 2.45) is 5.16 Å². The van der Waals surface area contributed by atoms with Crippen molar-refractivity contribution in [1.82, 2.24) is 0 Å². The summed E-state index contributed by atoms with van der Waals surface area (Å²) < 4.78 is 4.31. The highest BCUT2D eigenvalue weighted by Gasteiger charge is 2.03. The van der Waals surface area contributed by atoms with Crippen molar-refractivity contribution in [3.63, 3.8) is 0 Å². The van der Waals surface area contributed by atoms with E-state index >= 15 is 0 Å². The van der Waals surface area contributed by atoms with Crippen molar-refractivity contribution in [1.29, 1.82) is 0 Å². The Morgan fingerprint density at radius 1 is 1.44 bits per heavy atom. The van der Waals surface area contributed by atoms with Gasteiger partial charge in [0, 0.05) is 0 Å². The molecule has 4 heteroatoms. The van der Waals surface area contributed by atoms with E-state index in [4.69, 9.17) is 0 Å². The Morgan fingerprint density at radius 3 is 2.33 bits per heavy atom. The summed E-state index contributed by atoms with van der Waals surface area (Å²) in [6.45, 7) is 1.51. The Hall–Kier alpha value is -1.06. The van der Waals surface area contributed by atoms with Gasteiger partial charge in [0.2, 0.25) is 0 Å². The summed E-state index contributed by atoms with van der Waals surface area (Å²) >= 11 is 0. The Kier molecular flexibility index (Phi) is 3.43. The fourth-order valence-electron chi connectivity index (χ4n) is 0.322. The molecule has 52 valence electrons. The number of carbonyl (C=O) groups excluding carboxylic acids is 1. The van der Waals surface area contributed by atoms with Crippen LogP contribution in [-0.2, 0) is 14.4 Å². The number of esters is 1. The van der Waals surface area contributed by atoms with Crippen LogP contribution in [0.5, 0.6) is 0 Å². The van der Waals surface area contributed by atoms with E-state index in [1.165, 1.54) is 21.1 Å². The quantitative estimate of drug-likeness (QED) is 0.305. The van der Waals surface area contributed by atoms with Crippen molar-refractivity contribution in [3.8, 4) is 0 Å². The van der Waals surface area contributed by atoms with Crippen LogP contribution in [0.2, 0.25) is 0 Å². The molecule has 0 unspecified atom stereocenters. The lowest BCUT2D eigenvalue weighted by molar-refractivity contribution is -0.132. The molecule has 0 aliphatic carbocycles. The first-order valence-corrected chi connectivity index (χ1v) is 2.38. The molecule has 0 saturated heterocycles. The number of hydrogen-bond acceptors (Lipinski definition) is 4. The molecule has 0 aromatic heterocycles. The van der Waals surface area contributed by atoms with Gasteiger partial charge in [0.15, 0.2) is 5.71 Å². The molecule has 0 rings (SSSR count). The average molecular weight is 131 g/mol. The van der Waals surface area contributed by atoms with E-state index in [0.717, 1.165) is 0 Å². The number of ether oxygens (including phenoxy) is 1. The smallest absolute Gasteiger partial charge is 0.355 e. The summed E-state index contributed by atoms with van der Waals surface area (Å²) in [4.78, 5) is 14.8. The third-order valence-electron chi connectivity index (χ3n) is 0.709. The van der Waals surface area contributed by atoms with Gasteiger partial charge < -0.3 is 9.57 Å². The number of carbonyl (C=O) groups is 1. The maximum absolute atomic E-state index is 10.5. The summed E-state index contributed by atoms with van der Waals surface area (Å²) in [6.07, 6.45) is 0. The molecule has 0 heterocycles. The first-order chi connectivity index (χ1) is 4.22. The van der Waals surface area contributed by atoms with Crippen LogP contribution in [0.1, 0.15) is 6.92 Å². The van der Waals surface area contributed by atoms with Crippen molar-refractivity contribution in [2.45, 2.75) is 6.92 Å². The Bertz CT molecular complexity index is 130. The lowest BCUT2D eigenvalue weighted by Crippen LogP contribution is -2.11. The minimum Gasteiger partial charge on any atom is -0.464 e. The predicted molar refractivity (Wildman–Crippen MR) is 32.1 cm³/mol. The molecular formula is C5H9NO3. The van der Waals surface area contributed by atoms with Crippen LogP contribution in [-0.4, -0.2) is 25.9 Å². The van der Waals surface area contributed by atoms with Crippen molar-refractivity contribution < 1.29 is 14.4 Å². The third-order valence-corrected chi connectivity index (χ3v) is 0.709. The highest BCUT2D eigenvalue weighted by atomic mass is 16.6. The summed E-state index contributed by atoms with van der Waals surface area (Å²) in [5.41, 5.74) is 0.208. The molecule has 0 atom stereocenters. The summed E-state index contributed by atoms with van der Waals surface area (Å²) in [5, 5.41) is 3.34. The van der Waals surface area contributed by atoms with Gasteiger partial charge in [-0.1, -0.05) is 5.16 Å². The van der Waals surface area contributed by atoms with E-state index in [2.05, 4.69) is 14.7 Å². The fraction of sp³-hybridized carbons (Fsp3) is 0.600. The van der Waals surface area contributed by atoms with E-state index in [9.17, 15) is 4.79 Å². The predicted octanol–water partition coefficient (Wildman–Crippen LogP) is 0.182. The molecule has 0 aliphatic rings. The molecule has 0 spiro atoms. The minimum atomic E-state index is -0.475. The molecule has 0 N–H and O–H groups in total. The lowest BCUT2D eigenvalue weighted by atomic mass is 10.4. The molecule has 0 fully saturated rings. The zero-order valence-electron chi connectivity index (χ0n) is 5.67. The third kappa shape index (κ3) is 2.69. The highest BCUT2D eigenvalue weighted by Crippen LogP contribution is 1.81. The topological polar surface area (TPSA) is 47.9 Å². The SMILES string of the molecule is CO/N=C(/C)C(=O)OC. The maximum atomic E-state index is 10.5. The van der Waals surface area contributed by atoms with Gasteiger partial charge in [0.05, 0.1) is 7.11 Å². The molecule has 0 radical (unpaired) electrons. The van der Waals surface area contributed by atoms with Gasteiger partial charge in [0.1, 0.15) is 7.11 Å². The van der Waals surface area contributed by atoms with E-state index in [1.54, 1.807) is 0 Å². The zero-order valence-corrected chi connectivity index (χ0v) is 5.67. The highest BCUT2D eigenvalue weighted by molar-refractivity contribution is 6.35. The molecule has 0 saturated carbocycles. The van der Waals surface area contributed by atoms with Crippen molar-refractivity contribution in [3.05, 3.63) is 0 Å². The maximum Gasteiger partial charge on any atom is 0.355 e. The van der Waals surface area contributed by atoms with Crippen LogP contribution < -0.4 is 0 Å². The molecular weight excluding hydrogens is 122 g/mol. The summed E-state index contributed by atoms with van der Waals surface area (Å²) in [7, 11) is 2.66. The monoisotopic (exact) mass is 131 g/mol. The van der Waals surface area contributed by atoms with E-state index < -0.39 is 5.97 Å². The van der Waals surface area contributed by atoms with Gasteiger partial charge in [-0.2, -0.15) is 0 Å². The molecule has 0 bridgehead atoms. The number of methoxy groups -OCH3 is 1. The van der Waals surface area contributed by atoms with Gasteiger partial charge in [-0.3, -0.25) is 0 Å². The molecule has 0 amide bonds. The van der Waals surface area contributed by atoms with Crippen molar-refractivity contribution in [2.75, 3.05) is 14.2 Å². The van der Waals surface area contributed by atoms with Crippen LogP contribution >= 0.6 is 0 Å². The summed E-state index contributed by atoms with van der Waals surface area (Å²) in [6, 6.07) is 0. The largest absolute Gasteiger partial charge is 0.464 e. The van der Waals surface area contributed by atoms with Crippen LogP contribution in [0.15, 0.2) is 5.16 Å². The molecule has 0 aromatic rings. The second-order valence-corrected chi connectivity index (χ2v) is 1.35. The molecule has 0 aliphatic heterocycles. The Morgan fingerprint density at radius 2 is 2.00 bits per heavy atom.